The summed E-state index contributed by atoms with van der Waals surface area (Å²) < 4.78 is 6.02. The quantitative estimate of drug-likeness (QED) is 0.600. The lowest BCUT2D eigenvalue weighted by atomic mass is 10.1. The molecule has 0 aliphatic carbocycles. The normalized spacial score (nSPS) is 12.8. The van der Waals surface area contributed by atoms with E-state index >= 15 is 0 Å². The van der Waals surface area contributed by atoms with Crippen molar-refractivity contribution < 1.29 is 9.53 Å². The molecule has 0 saturated heterocycles. The molecular formula is C25H26N4O2. The molecule has 158 valence electrons. The number of aromatic nitrogens is 1. The van der Waals surface area contributed by atoms with E-state index in [9.17, 15) is 4.79 Å². The maximum atomic E-state index is 12.4. The summed E-state index contributed by atoms with van der Waals surface area (Å²) in [6, 6.07) is 17.6. The van der Waals surface area contributed by atoms with Crippen LogP contribution in [0.1, 0.15) is 28.8 Å². The molecular weight excluding hydrogens is 388 g/mol. The molecule has 1 aliphatic rings. The highest BCUT2D eigenvalue weighted by molar-refractivity contribution is 5.98. The molecule has 4 rings (SSSR count). The van der Waals surface area contributed by atoms with E-state index in [0.29, 0.717) is 18.6 Å². The third-order valence-electron chi connectivity index (χ3n) is 4.93. The lowest BCUT2D eigenvalue weighted by molar-refractivity contribution is -0.116. The van der Waals surface area contributed by atoms with Gasteiger partial charge >= 0.3 is 0 Å². The molecule has 0 atom stereocenters. The van der Waals surface area contributed by atoms with Gasteiger partial charge in [0.05, 0.1) is 6.54 Å². The van der Waals surface area contributed by atoms with Crippen molar-refractivity contribution in [3.05, 3.63) is 83.2 Å². The lowest BCUT2D eigenvalue weighted by Crippen LogP contribution is -2.20. The standard InChI is InChI=1S/C25H26N4O2/c1-17-12-18(2)14-20(13-17)29-24(30)7-6-19-4-3-5-21(15-19)31-22-8-9-26-23(16-22)25-27-10-11-28-25/h3-5,8-9,12-16H,6-7,10-11H2,1-2H3,(H,27,28)(H,29,30). The Kier molecular flexibility index (Phi) is 6.26. The first-order valence-electron chi connectivity index (χ1n) is 10.4. The van der Waals surface area contributed by atoms with Gasteiger partial charge in [-0.15, -0.1) is 0 Å². The first kappa shape index (κ1) is 20.6. The Morgan fingerprint density at radius 3 is 2.65 bits per heavy atom. The van der Waals surface area contributed by atoms with Crippen LogP contribution in [0, 0.1) is 13.8 Å². The molecule has 1 amide bonds. The summed E-state index contributed by atoms with van der Waals surface area (Å²) in [4.78, 5) is 21.1. The van der Waals surface area contributed by atoms with Gasteiger partial charge in [0.1, 0.15) is 23.0 Å². The van der Waals surface area contributed by atoms with Crippen LogP contribution in [0.4, 0.5) is 5.69 Å². The van der Waals surface area contributed by atoms with Crippen LogP contribution in [0.2, 0.25) is 0 Å². The Hall–Kier alpha value is -3.67. The van der Waals surface area contributed by atoms with Crippen molar-refractivity contribution in [1.29, 1.82) is 0 Å². The third-order valence-corrected chi connectivity index (χ3v) is 4.93. The van der Waals surface area contributed by atoms with Crippen molar-refractivity contribution in [1.82, 2.24) is 10.3 Å². The van der Waals surface area contributed by atoms with Crippen LogP contribution >= 0.6 is 0 Å². The number of benzene rings is 2. The minimum Gasteiger partial charge on any atom is -0.457 e. The van der Waals surface area contributed by atoms with Gasteiger partial charge in [0.2, 0.25) is 5.91 Å². The molecule has 2 N–H and O–H groups in total. The molecule has 0 saturated carbocycles. The summed E-state index contributed by atoms with van der Waals surface area (Å²) in [7, 11) is 0. The largest absolute Gasteiger partial charge is 0.457 e. The van der Waals surface area contributed by atoms with Crippen molar-refractivity contribution in [2.75, 3.05) is 18.4 Å². The van der Waals surface area contributed by atoms with Crippen molar-refractivity contribution in [3.63, 3.8) is 0 Å². The fourth-order valence-electron chi connectivity index (χ4n) is 3.60. The van der Waals surface area contributed by atoms with Gasteiger partial charge in [0.25, 0.3) is 0 Å². The number of carbonyl (C=O) groups is 1. The van der Waals surface area contributed by atoms with Gasteiger partial charge in [-0.25, -0.2) is 0 Å². The number of hydrogen-bond acceptors (Lipinski definition) is 5. The van der Waals surface area contributed by atoms with Crippen LogP contribution in [0.15, 0.2) is 65.8 Å². The van der Waals surface area contributed by atoms with E-state index in [1.54, 1.807) is 6.20 Å². The fraction of sp³-hybridized carbons (Fsp3) is 0.240. The number of aryl methyl sites for hydroxylation is 3. The molecule has 1 aromatic heterocycles. The molecule has 3 aromatic rings. The average Bonchev–Trinajstić information content (AvgIpc) is 3.27. The summed E-state index contributed by atoms with van der Waals surface area (Å²) in [6.45, 7) is 5.65. The van der Waals surface area contributed by atoms with Crippen LogP contribution < -0.4 is 15.4 Å². The second-order valence-corrected chi connectivity index (χ2v) is 7.71. The minimum absolute atomic E-state index is 0.0000599. The van der Waals surface area contributed by atoms with Crippen LogP contribution in [0.5, 0.6) is 11.5 Å². The molecule has 0 fully saturated rings. The van der Waals surface area contributed by atoms with Crippen molar-refractivity contribution in [2.45, 2.75) is 26.7 Å². The highest BCUT2D eigenvalue weighted by Crippen LogP contribution is 2.23. The first-order chi connectivity index (χ1) is 15.0. The molecule has 0 spiro atoms. The zero-order valence-corrected chi connectivity index (χ0v) is 17.8. The highest BCUT2D eigenvalue weighted by atomic mass is 16.5. The van der Waals surface area contributed by atoms with Crippen molar-refractivity contribution >= 4 is 17.4 Å². The minimum atomic E-state index is -0.0000599. The van der Waals surface area contributed by atoms with E-state index in [1.165, 1.54) is 0 Å². The number of nitrogens with zero attached hydrogens (tertiary/aromatic N) is 2. The SMILES string of the molecule is Cc1cc(C)cc(NC(=O)CCc2cccc(Oc3ccnc(C4=NCCN4)c3)c2)c1. The summed E-state index contributed by atoms with van der Waals surface area (Å²) in [5, 5.41) is 6.20. The maximum Gasteiger partial charge on any atom is 0.224 e. The Labute approximate surface area is 182 Å². The monoisotopic (exact) mass is 414 g/mol. The number of amides is 1. The number of aliphatic imine (C=N–C) groups is 1. The molecule has 0 bridgehead atoms. The fourth-order valence-corrected chi connectivity index (χ4v) is 3.60. The number of amidine groups is 1. The molecule has 31 heavy (non-hydrogen) atoms. The molecule has 6 heteroatoms. The summed E-state index contributed by atoms with van der Waals surface area (Å²) in [5.74, 6) is 2.23. The molecule has 0 radical (unpaired) electrons. The van der Waals surface area contributed by atoms with E-state index in [4.69, 9.17) is 4.74 Å². The van der Waals surface area contributed by atoms with Gasteiger partial charge in [-0.3, -0.25) is 14.8 Å². The predicted octanol–water partition coefficient (Wildman–Crippen LogP) is 4.41. The number of hydrogen-bond donors (Lipinski definition) is 2. The molecule has 1 aliphatic heterocycles. The highest BCUT2D eigenvalue weighted by Gasteiger charge is 2.11. The summed E-state index contributed by atoms with van der Waals surface area (Å²) in [6.07, 6.45) is 2.76. The number of anilines is 1. The predicted molar refractivity (Wildman–Crippen MR) is 123 cm³/mol. The van der Waals surface area contributed by atoms with E-state index < -0.39 is 0 Å². The summed E-state index contributed by atoms with van der Waals surface area (Å²) >= 11 is 0. The zero-order chi connectivity index (χ0) is 21.6. The average molecular weight is 415 g/mol. The zero-order valence-electron chi connectivity index (χ0n) is 17.8. The number of nitrogens with one attached hydrogen (secondary N) is 2. The Morgan fingerprint density at radius 1 is 1.06 bits per heavy atom. The van der Waals surface area contributed by atoms with Crippen LogP contribution in [0.25, 0.3) is 0 Å². The second-order valence-electron chi connectivity index (χ2n) is 7.71. The van der Waals surface area contributed by atoms with Gasteiger partial charge < -0.3 is 15.4 Å². The van der Waals surface area contributed by atoms with Crippen LogP contribution in [0.3, 0.4) is 0 Å². The first-order valence-corrected chi connectivity index (χ1v) is 10.4. The number of ether oxygens (including phenoxy) is 1. The molecule has 6 nitrogen and oxygen atoms in total. The van der Waals surface area contributed by atoms with Gasteiger partial charge in [0, 0.05) is 30.9 Å². The van der Waals surface area contributed by atoms with E-state index in [-0.39, 0.29) is 5.91 Å². The van der Waals surface area contributed by atoms with Crippen molar-refractivity contribution in [2.24, 2.45) is 4.99 Å². The van der Waals surface area contributed by atoms with Gasteiger partial charge in [-0.05, 0) is 67.3 Å². The number of pyridine rings is 1. The molecule has 2 heterocycles. The molecule has 2 aromatic carbocycles. The van der Waals surface area contributed by atoms with Gasteiger partial charge in [-0.2, -0.15) is 0 Å². The van der Waals surface area contributed by atoms with Crippen LogP contribution in [-0.2, 0) is 11.2 Å². The smallest absolute Gasteiger partial charge is 0.224 e. The maximum absolute atomic E-state index is 12.4. The van der Waals surface area contributed by atoms with E-state index in [0.717, 1.165) is 52.7 Å². The van der Waals surface area contributed by atoms with E-state index in [1.807, 2.05) is 62.4 Å². The van der Waals surface area contributed by atoms with Crippen LogP contribution in [-0.4, -0.2) is 29.8 Å². The number of rotatable bonds is 7. The molecule has 0 unspecified atom stereocenters. The van der Waals surface area contributed by atoms with Crippen molar-refractivity contribution in [3.8, 4) is 11.5 Å². The Bertz CT molecular complexity index is 1100. The van der Waals surface area contributed by atoms with Gasteiger partial charge in [-0.1, -0.05) is 18.2 Å². The second kappa shape index (κ2) is 9.43. The third kappa shape index (κ3) is 5.69. The lowest BCUT2D eigenvalue weighted by Gasteiger charge is -2.10. The Morgan fingerprint density at radius 2 is 1.87 bits per heavy atom. The topological polar surface area (TPSA) is 75.6 Å². The van der Waals surface area contributed by atoms with E-state index in [2.05, 4.69) is 26.7 Å². The summed E-state index contributed by atoms with van der Waals surface area (Å²) in [5.41, 5.74) is 4.93. The van der Waals surface area contributed by atoms with Gasteiger partial charge in [0.15, 0.2) is 0 Å². The number of carbonyl (C=O) groups excluding carboxylic acids is 1. The Balaban J connectivity index is 1.36.